The lowest BCUT2D eigenvalue weighted by molar-refractivity contribution is -0.141. The van der Waals surface area contributed by atoms with E-state index in [-0.39, 0.29) is 0 Å². The average molecular weight is 409 g/mol. The van der Waals surface area contributed by atoms with Crippen LogP contribution in [0, 0.1) is 11.6 Å². The van der Waals surface area contributed by atoms with Crippen molar-refractivity contribution in [1.29, 1.82) is 0 Å². The van der Waals surface area contributed by atoms with Gasteiger partial charge in [-0.15, -0.1) is 0 Å². The van der Waals surface area contributed by atoms with E-state index in [0.717, 1.165) is 23.3 Å². The minimum atomic E-state index is -1.14. The molecular weight excluding hydrogens is 388 g/mol. The van der Waals surface area contributed by atoms with E-state index in [0.29, 0.717) is 19.2 Å². The van der Waals surface area contributed by atoms with Gasteiger partial charge in [0.25, 0.3) is 5.91 Å². The zero-order valence-electron chi connectivity index (χ0n) is 16.4. The number of halogens is 2. The fourth-order valence-electron chi connectivity index (χ4n) is 3.01. The first-order chi connectivity index (χ1) is 14.4. The Bertz CT molecular complexity index is 968. The Hall–Kier alpha value is -3.54. The normalized spacial score (nSPS) is 11.6. The van der Waals surface area contributed by atoms with Crippen molar-refractivity contribution in [3.8, 4) is 0 Å². The van der Waals surface area contributed by atoms with E-state index in [4.69, 9.17) is 4.74 Å². The summed E-state index contributed by atoms with van der Waals surface area (Å²) in [6, 6.07) is 21.4. The van der Waals surface area contributed by atoms with Crippen molar-refractivity contribution >= 4 is 11.9 Å². The van der Waals surface area contributed by atoms with Crippen molar-refractivity contribution in [2.24, 2.45) is 0 Å². The molecule has 30 heavy (non-hydrogen) atoms. The second kappa shape index (κ2) is 9.78. The van der Waals surface area contributed by atoms with E-state index in [9.17, 15) is 18.4 Å². The topological polar surface area (TPSA) is 46.6 Å². The highest BCUT2D eigenvalue weighted by Gasteiger charge is 2.26. The third kappa shape index (κ3) is 5.50. The summed E-state index contributed by atoms with van der Waals surface area (Å²) in [5.41, 5.74) is 1.42. The molecule has 0 saturated carbocycles. The maximum absolute atomic E-state index is 13.8. The van der Waals surface area contributed by atoms with Crippen molar-refractivity contribution in [2.45, 2.75) is 26.1 Å². The molecule has 3 aromatic carbocycles. The summed E-state index contributed by atoms with van der Waals surface area (Å²) in [5.74, 6) is -3.28. The number of carbonyl (C=O) groups is 2. The number of amides is 1. The van der Waals surface area contributed by atoms with Crippen LogP contribution in [0.2, 0.25) is 0 Å². The highest BCUT2D eigenvalue weighted by molar-refractivity contribution is 5.92. The molecule has 0 bridgehead atoms. The van der Waals surface area contributed by atoms with Gasteiger partial charge in [0.15, 0.2) is 6.10 Å². The van der Waals surface area contributed by atoms with Gasteiger partial charge in [0, 0.05) is 19.2 Å². The second-order valence-electron chi connectivity index (χ2n) is 6.84. The van der Waals surface area contributed by atoms with Crippen LogP contribution in [0.4, 0.5) is 8.78 Å². The van der Waals surface area contributed by atoms with Crippen LogP contribution < -0.4 is 0 Å². The zero-order valence-corrected chi connectivity index (χ0v) is 16.4. The summed E-state index contributed by atoms with van der Waals surface area (Å²) in [4.78, 5) is 26.9. The lowest BCUT2D eigenvalue weighted by Gasteiger charge is -2.26. The van der Waals surface area contributed by atoms with E-state index >= 15 is 0 Å². The Labute approximate surface area is 173 Å². The number of hydrogen-bond acceptors (Lipinski definition) is 3. The fraction of sp³-hybridized carbons (Fsp3) is 0.167. The molecule has 3 rings (SSSR count). The van der Waals surface area contributed by atoms with Gasteiger partial charge in [-0.1, -0.05) is 60.7 Å². The molecule has 3 aromatic rings. The Morgan fingerprint density at radius 1 is 0.867 bits per heavy atom. The van der Waals surface area contributed by atoms with Gasteiger partial charge < -0.3 is 9.64 Å². The first-order valence-electron chi connectivity index (χ1n) is 9.46. The number of rotatable bonds is 7. The van der Waals surface area contributed by atoms with Gasteiger partial charge in [0.05, 0.1) is 5.56 Å². The molecule has 0 radical (unpaired) electrons. The largest absolute Gasteiger partial charge is 0.449 e. The van der Waals surface area contributed by atoms with Gasteiger partial charge >= 0.3 is 5.97 Å². The minimum Gasteiger partial charge on any atom is -0.449 e. The lowest BCUT2D eigenvalue weighted by Crippen LogP contribution is -2.39. The van der Waals surface area contributed by atoms with Gasteiger partial charge in [-0.2, -0.15) is 0 Å². The quantitative estimate of drug-likeness (QED) is 0.530. The van der Waals surface area contributed by atoms with E-state index < -0.39 is 35.2 Å². The molecule has 0 spiro atoms. The van der Waals surface area contributed by atoms with Crippen molar-refractivity contribution in [3.63, 3.8) is 0 Å². The SMILES string of the molecule is C[C@@H](OC(=O)c1ccc(F)cc1F)C(=O)N(Cc1ccccc1)Cc1ccccc1. The summed E-state index contributed by atoms with van der Waals surface area (Å²) >= 11 is 0. The zero-order chi connectivity index (χ0) is 21.5. The average Bonchev–Trinajstić information content (AvgIpc) is 2.74. The van der Waals surface area contributed by atoms with Crippen LogP contribution in [0.5, 0.6) is 0 Å². The monoisotopic (exact) mass is 409 g/mol. The standard InChI is InChI=1S/C24H21F2NO3/c1-17(30-24(29)21-13-12-20(25)14-22(21)26)23(28)27(15-18-8-4-2-5-9-18)16-19-10-6-3-7-11-19/h2-14,17H,15-16H2,1H3/t17-/m1/s1. The Morgan fingerprint density at radius 3 is 1.90 bits per heavy atom. The van der Waals surface area contributed by atoms with E-state index in [2.05, 4.69) is 0 Å². The van der Waals surface area contributed by atoms with Gasteiger partial charge in [0.1, 0.15) is 11.6 Å². The summed E-state index contributed by atoms with van der Waals surface area (Å²) in [7, 11) is 0. The van der Waals surface area contributed by atoms with Crippen LogP contribution in [0.1, 0.15) is 28.4 Å². The van der Waals surface area contributed by atoms with Crippen LogP contribution in [0.15, 0.2) is 78.9 Å². The molecule has 0 aromatic heterocycles. The molecule has 0 aliphatic heterocycles. The number of nitrogens with zero attached hydrogens (tertiary/aromatic N) is 1. The number of esters is 1. The minimum absolute atomic E-state index is 0.321. The number of benzene rings is 3. The molecular formula is C24H21F2NO3. The van der Waals surface area contributed by atoms with Crippen molar-refractivity contribution in [2.75, 3.05) is 0 Å². The summed E-state index contributed by atoms with van der Waals surface area (Å²) in [5, 5.41) is 0. The van der Waals surface area contributed by atoms with E-state index in [1.807, 2.05) is 60.7 Å². The molecule has 0 heterocycles. The smallest absolute Gasteiger partial charge is 0.341 e. The van der Waals surface area contributed by atoms with Crippen molar-refractivity contribution in [1.82, 2.24) is 4.90 Å². The second-order valence-corrected chi connectivity index (χ2v) is 6.84. The lowest BCUT2D eigenvalue weighted by atomic mass is 10.1. The van der Waals surface area contributed by atoms with Gasteiger partial charge in [-0.3, -0.25) is 4.79 Å². The predicted molar refractivity (Wildman–Crippen MR) is 108 cm³/mol. The number of hydrogen-bond donors (Lipinski definition) is 0. The van der Waals surface area contributed by atoms with Crippen LogP contribution >= 0.6 is 0 Å². The maximum atomic E-state index is 13.8. The molecule has 0 aliphatic rings. The molecule has 0 unspecified atom stereocenters. The Morgan fingerprint density at radius 2 is 1.40 bits per heavy atom. The Kier molecular flexibility index (Phi) is 6.91. The number of carbonyl (C=O) groups excluding carboxylic acids is 2. The first kappa shape index (κ1) is 21.2. The van der Waals surface area contributed by atoms with Crippen LogP contribution in [0.25, 0.3) is 0 Å². The molecule has 1 amide bonds. The molecule has 0 aliphatic carbocycles. The Balaban J connectivity index is 1.75. The summed E-state index contributed by atoms with van der Waals surface area (Å²) < 4.78 is 32.1. The predicted octanol–water partition coefficient (Wildman–Crippen LogP) is 4.74. The third-order valence-electron chi connectivity index (χ3n) is 4.53. The molecule has 0 N–H and O–H groups in total. The molecule has 154 valence electrons. The molecule has 0 saturated heterocycles. The van der Waals surface area contributed by atoms with E-state index in [1.54, 1.807) is 4.90 Å². The third-order valence-corrected chi connectivity index (χ3v) is 4.53. The highest BCUT2D eigenvalue weighted by Crippen LogP contribution is 2.15. The molecule has 1 atom stereocenters. The van der Waals surface area contributed by atoms with Crippen molar-refractivity contribution in [3.05, 3.63) is 107 Å². The van der Waals surface area contributed by atoms with Crippen LogP contribution in [-0.4, -0.2) is 22.9 Å². The van der Waals surface area contributed by atoms with Crippen molar-refractivity contribution < 1.29 is 23.1 Å². The molecule has 6 heteroatoms. The highest BCUT2D eigenvalue weighted by atomic mass is 19.1. The molecule has 4 nitrogen and oxygen atoms in total. The maximum Gasteiger partial charge on any atom is 0.341 e. The van der Waals surface area contributed by atoms with Gasteiger partial charge in [0.2, 0.25) is 0 Å². The van der Waals surface area contributed by atoms with E-state index in [1.165, 1.54) is 6.92 Å². The summed E-state index contributed by atoms with van der Waals surface area (Å²) in [6.45, 7) is 2.08. The van der Waals surface area contributed by atoms with Crippen LogP contribution in [-0.2, 0) is 22.6 Å². The molecule has 0 fully saturated rings. The van der Waals surface area contributed by atoms with Crippen LogP contribution in [0.3, 0.4) is 0 Å². The fourth-order valence-corrected chi connectivity index (χ4v) is 3.01. The van der Waals surface area contributed by atoms with Gasteiger partial charge in [-0.25, -0.2) is 13.6 Å². The first-order valence-corrected chi connectivity index (χ1v) is 9.46. The summed E-state index contributed by atoms with van der Waals surface area (Å²) in [6.07, 6.45) is -1.14. The number of ether oxygens (including phenoxy) is 1. The van der Waals surface area contributed by atoms with Gasteiger partial charge in [-0.05, 0) is 30.2 Å².